The van der Waals surface area contributed by atoms with E-state index in [1.165, 1.54) is 0 Å². The molecule has 8 heavy (non-hydrogen) atoms. The number of rotatable bonds is 2. The smallest absolute Gasteiger partial charge is 1.00 e. The van der Waals surface area contributed by atoms with Gasteiger partial charge in [0.05, 0.1) is 5.60 Å². The van der Waals surface area contributed by atoms with Gasteiger partial charge in [-0.25, -0.2) is 0 Å². The molecule has 0 aliphatic heterocycles. The molecule has 1 N–H and O–H groups in total. The van der Waals surface area contributed by atoms with E-state index in [0.29, 0.717) is 0 Å². The van der Waals surface area contributed by atoms with Crippen molar-refractivity contribution in [2.45, 2.75) is 39.2 Å². The molecule has 0 rings (SSSR count). The molecule has 1 nitrogen and oxygen atoms in total. The topological polar surface area (TPSA) is 20.2 Å². The van der Waals surface area contributed by atoms with Crippen LogP contribution in [-0.2, 0) is 0 Å². The van der Waals surface area contributed by atoms with Crippen molar-refractivity contribution in [2.75, 3.05) is 0 Å². The summed E-state index contributed by atoms with van der Waals surface area (Å²) >= 11 is 0. The van der Waals surface area contributed by atoms with Gasteiger partial charge in [0.1, 0.15) is 0 Å². The van der Waals surface area contributed by atoms with E-state index in [9.17, 15) is 0 Å². The van der Waals surface area contributed by atoms with Crippen LogP contribution < -0.4 is 18.9 Å². The SMILES string of the molecule is CCCC(C)(C)O.[H-].[Li+]. The Morgan fingerprint density at radius 3 is 1.88 bits per heavy atom. The first kappa shape index (κ1) is 11.4. The van der Waals surface area contributed by atoms with Gasteiger partial charge in [-0.2, -0.15) is 0 Å². The summed E-state index contributed by atoms with van der Waals surface area (Å²) in [7, 11) is 0. The predicted octanol–water partition coefficient (Wildman–Crippen LogP) is -1.33. The van der Waals surface area contributed by atoms with Crippen molar-refractivity contribution in [3.8, 4) is 0 Å². The normalized spacial score (nSPS) is 10.5. The van der Waals surface area contributed by atoms with Crippen molar-refractivity contribution in [1.82, 2.24) is 0 Å². The monoisotopic (exact) mass is 110 g/mol. The molecule has 0 saturated heterocycles. The third-order valence-electron chi connectivity index (χ3n) is 0.862. The molecular formula is C6H15LiO. The summed E-state index contributed by atoms with van der Waals surface area (Å²) in [6, 6.07) is 0. The van der Waals surface area contributed by atoms with Crippen molar-refractivity contribution in [1.29, 1.82) is 0 Å². The zero-order chi connectivity index (χ0) is 5.91. The van der Waals surface area contributed by atoms with Crippen molar-refractivity contribution in [3.05, 3.63) is 0 Å². The van der Waals surface area contributed by atoms with Crippen LogP contribution >= 0.6 is 0 Å². The molecule has 0 heterocycles. The maximum Gasteiger partial charge on any atom is 1.00 e. The maximum absolute atomic E-state index is 9.02. The third kappa shape index (κ3) is 9.75. The van der Waals surface area contributed by atoms with E-state index in [1.54, 1.807) is 0 Å². The number of hydrogen-bond donors (Lipinski definition) is 1. The third-order valence-corrected chi connectivity index (χ3v) is 0.862. The summed E-state index contributed by atoms with van der Waals surface area (Å²) in [6.07, 6.45) is 1.95. The van der Waals surface area contributed by atoms with Gasteiger partial charge in [-0.05, 0) is 20.3 Å². The van der Waals surface area contributed by atoms with E-state index < -0.39 is 5.60 Å². The molecule has 0 amide bonds. The molecule has 0 aliphatic carbocycles. The molecule has 0 saturated carbocycles. The average molecular weight is 110 g/mol. The Bertz CT molecular complexity index is 51.5. The van der Waals surface area contributed by atoms with Gasteiger partial charge in [0, 0.05) is 0 Å². The fourth-order valence-electron chi connectivity index (χ4n) is 0.612. The van der Waals surface area contributed by atoms with E-state index in [0.717, 1.165) is 12.8 Å². The molecule has 0 aromatic rings. The van der Waals surface area contributed by atoms with Crippen LogP contribution in [0.5, 0.6) is 0 Å². The van der Waals surface area contributed by atoms with Crippen LogP contribution in [0.25, 0.3) is 0 Å². The van der Waals surface area contributed by atoms with Gasteiger partial charge in [-0.3, -0.25) is 0 Å². The average Bonchev–Trinajstić information content (AvgIpc) is 1.30. The van der Waals surface area contributed by atoms with Crippen molar-refractivity contribution >= 4 is 0 Å². The largest absolute Gasteiger partial charge is 1.00 e. The Hall–Kier alpha value is 0.557. The van der Waals surface area contributed by atoms with Gasteiger partial charge in [0.2, 0.25) is 0 Å². The minimum Gasteiger partial charge on any atom is -1.00 e. The predicted molar refractivity (Wildman–Crippen MR) is 32.3 cm³/mol. The first-order chi connectivity index (χ1) is 3.06. The quantitative estimate of drug-likeness (QED) is 0.437. The van der Waals surface area contributed by atoms with Gasteiger partial charge in [-0.1, -0.05) is 13.3 Å². The molecule has 0 unspecified atom stereocenters. The molecule has 0 fully saturated rings. The van der Waals surface area contributed by atoms with Crippen LogP contribution in [-0.4, -0.2) is 10.7 Å². The Balaban J connectivity index is -0.000000180. The van der Waals surface area contributed by atoms with E-state index in [4.69, 9.17) is 5.11 Å². The van der Waals surface area contributed by atoms with Crippen molar-refractivity contribution < 1.29 is 25.4 Å². The summed E-state index contributed by atoms with van der Waals surface area (Å²) in [4.78, 5) is 0. The maximum atomic E-state index is 9.02. The van der Waals surface area contributed by atoms with E-state index in [-0.39, 0.29) is 20.3 Å². The standard InChI is InChI=1S/C6H14O.Li.H/c1-4-5-6(2,3)7;;/h7H,4-5H2,1-3H3;;/q;+1;-1. The minimum atomic E-state index is -0.450. The summed E-state index contributed by atoms with van der Waals surface area (Å²) in [5, 5.41) is 9.02. The molecule has 0 aromatic heterocycles. The van der Waals surface area contributed by atoms with E-state index in [2.05, 4.69) is 6.92 Å². The van der Waals surface area contributed by atoms with Crippen molar-refractivity contribution in [3.63, 3.8) is 0 Å². The van der Waals surface area contributed by atoms with Gasteiger partial charge in [0.15, 0.2) is 0 Å². The van der Waals surface area contributed by atoms with Crippen molar-refractivity contribution in [2.24, 2.45) is 0 Å². The molecule has 0 bridgehead atoms. The van der Waals surface area contributed by atoms with Gasteiger partial charge < -0.3 is 6.53 Å². The Labute approximate surface area is 65.1 Å². The molecule has 46 valence electrons. The second-order valence-corrected chi connectivity index (χ2v) is 2.56. The molecule has 2 heteroatoms. The summed E-state index contributed by atoms with van der Waals surface area (Å²) in [6.45, 7) is 5.73. The molecule has 0 radical (unpaired) electrons. The summed E-state index contributed by atoms with van der Waals surface area (Å²) in [5.41, 5.74) is -0.450. The molecule has 0 spiro atoms. The fourth-order valence-corrected chi connectivity index (χ4v) is 0.612. The van der Waals surface area contributed by atoms with Gasteiger partial charge >= 0.3 is 18.9 Å². The summed E-state index contributed by atoms with van der Waals surface area (Å²) < 4.78 is 0. The minimum absolute atomic E-state index is 0. The van der Waals surface area contributed by atoms with Crippen LogP contribution in [0.4, 0.5) is 0 Å². The first-order valence-electron chi connectivity index (χ1n) is 2.78. The van der Waals surface area contributed by atoms with Gasteiger partial charge in [-0.15, -0.1) is 0 Å². The van der Waals surface area contributed by atoms with Crippen LogP contribution in [0.2, 0.25) is 0 Å². The second-order valence-electron chi connectivity index (χ2n) is 2.56. The van der Waals surface area contributed by atoms with Crippen LogP contribution in [0.1, 0.15) is 35.0 Å². The zero-order valence-electron chi connectivity index (χ0n) is 7.36. The van der Waals surface area contributed by atoms with Crippen LogP contribution in [0, 0.1) is 0 Å². The first-order valence-corrected chi connectivity index (χ1v) is 2.78. The molecular weight excluding hydrogens is 95.0 g/mol. The van der Waals surface area contributed by atoms with Gasteiger partial charge in [0.25, 0.3) is 0 Å². The zero-order valence-corrected chi connectivity index (χ0v) is 6.36. The molecule has 0 aliphatic rings. The van der Waals surface area contributed by atoms with Crippen LogP contribution in [0.3, 0.4) is 0 Å². The fraction of sp³-hybridized carbons (Fsp3) is 1.00. The van der Waals surface area contributed by atoms with E-state index in [1.807, 2.05) is 13.8 Å². The Morgan fingerprint density at radius 2 is 1.88 bits per heavy atom. The Kier molecular flexibility index (Phi) is 6.31. The Morgan fingerprint density at radius 1 is 1.50 bits per heavy atom. The van der Waals surface area contributed by atoms with E-state index >= 15 is 0 Å². The second kappa shape index (κ2) is 4.44. The number of hydrogen-bond acceptors (Lipinski definition) is 1. The molecule has 0 atom stereocenters. The molecule has 0 aromatic carbocycles. The number of aliphatic hydroxyl groups is 1. The summed E-state index contributed by atoms with van der Waals surface area (Å²) in [5.74, 6) is 0. The van der Waals surface area contributed by atoms with Crippen LogP contribution in [0.15, 0.2) is 0 Å².